The van der Waals surface area contributed by atoms with Gasteiger partial charge in [0.2, 0.25) is 5.91 Å². The van der Waals surface area contributed by atoms with E-state index in [2.05, 4.69) is 20.0 Å². The molecule has 0 saturated heterocycles. The van der Waals surface area contributed by atoms with E-state index in [9.17, 15) is 4.79 Å². The van der Waals surface area contributed by atoms with E-state index < -0.39 is 0 Å². The lowest BCUT2D eigenvalue weighted by atomic mass is 9.97. The fraction of sp³-hybridized carbons (Fsp3) is 0.562. The van der Waals surface area contributed by atoms with Crippen LogP contribution in [-0.2, 0) is 24.8 Å². The quantitative estimate of drug-likeness (QED) is 0.933. The standard InChI is InChI=1S/C16H23N5O/c1-10(15-11(2)19-20(4)12(15)3)16(22)18-13-5-6-14-17-7-8-21(14)9-13/h7-8,10,13H,5-6,9H2,1-4H3,(H,18,22)/t10-,13-/m0/s1. The number of hydrogen-bond acceptors (Lipinski definition) is 3. The Morgan fingerprint density at radius 2 is 2.23 bits per heavy atom. The van der Waals surface area contributed by atoms with Crippen LogP contribution in [-0.4, -0.2) is 31.3 Å². The molecule has 1 aliphatic rings. The summed E-state index contributed by atoms with van der Waals surface area (Å²) in [4.78, 5) is 16.9. The van der Waals surface area contributed by atoms with Crippen molar-refractivity contribution in [1.82, 2.24) is 24.6 Å². The Bertz CT molecular complexity index is 699. The third-order valence-electron chi connectivity index (χ3n) is 4.67. The van der Waals surface area contributed by atoms with Crippen molar-refractivity contribution in [2.24, 2.45) is 7.05 Å². The molecular formula is C16H23N5O. The van der Waals surface area contributed by atoms with Crippen molar-refractivity contribution in [3.8, 4) is 0 Å². The van der Waals surface area contributed by atoms with Gasteiger partial charge in [-0.3, -0.25) is 9.48 Å². The fourth-order valence-corrected chi connectivity index (χ4v) is 3.36. The summed E-state index contributed by atoms with van der Waals surface area (Å²) in [5.74, 6) is 1.00. The Kier molecular flexibility index (Phi) is 3.76. The van der Waals surface area contributed by atoms with Crippen molar-refractivity contribution in [2.75, 3.05) is 0 Å². The van der Waals surface area contributed by atoms with Crippen molar-refractivity contribution in [3.63, 3.8) is 0 Å². The summed E-state index contributed by atoms with van der Waals surface area (Å²) in [6.07, 6.45) is 5.66. The molecule has 0 aliphatic carbocycles. The van der Waals surface area contributed by atoms with E-state index in [1.165, 1.54) is 0 Å². The topological polar surface area (TPSA) is 64.7 Å². The third kappa shape index (κ3) is 2.53. The molecule has 1 aliphatic heterocycles. The molecule has 0 spiro atoms. The van der Waals surface area contributed by atoms with Gasteiger partial charge in [0.1, 0.15) is 5.82 Å². The maximum absolute atomic E-state index is 12.6. The second kappa shape index (κ2) is 5.59. The van der Waals surface area contributed by atoms with E-state index in [1.54, 1.807) is 0 Å². The van der Waals surface area contributed by atoms with Gasteiger partial charge in [-0.25, -0.2) is 4.98 Å². The van der Waals surface area contributed by atoms with Crippen LogP contribution >= 0.6 is 0 Å². The number of aromatic nitrogens is 4. The Morgan fingerprint density at radius 1 is 1.45 bits per heavy atom. The molecule has 6 heteroatoms. The van der Waals surface area contributed by atoms with E-state index in [0.717, 1.165) is 42.2 Å². The molecule has 3 heterocycles. The van der Waals surface area contributed by atoms with E-state index >= 15 is 0 Å². The van der Waals surface area contributed by atoms with Crippen molar-refractivity contribution in [1.29, 1.82) is 0 Å². The van der Waals surface area contributed by atoms with Gasteiger partial charge in [0, 0.05) is 49.7 Å². The van der Waals surface area contributed by atoms with Crippen LogP contribution in [0.5, 0.6) is 0 Å². The molecular weight excluding hydrogens is 278 g/mol. The summed E-state index contributed by atoms with van der Waals surface area (Å²) in [7, 11) is 1.91. The third-order valence-corrected chi connectivity index (χ3v) is 4.67. The average Bonchev–Trinajstić information content (AvgIpc) is 3.03. The number of fused-ring (bicyclic) bond motifs is 1. The van der Waals surface area contributed by atoms with Crippen molar-refractivity contribution >= 4 is 5.91 Å². The number of nitrogens with one attached hydrogen (secondary N) is 1. The van der Waals surface area contributed by atoms with Gasteiger partial charge in [-0.1, -0.05) is 0 Å². The number of nitrogens with zero attached hydrogens (tertiary/aromatic N) is 4. The first kappa shape index (κ1) is 14.8. The van der Waals surface area contributed by atoms with Gasteiger partial charge in [-0.2, -0.15) is 5.10 Å². The van der Waals surface area contributed by atoms with E-state index in [4.69, 9.17) is 0 Å². The van der Waals surface area contributed by atoms with Gasteiger partial charge in [0.05, 0.1) is 11.6 Å². The van der Waals surface area contributed by atoms with Crippen molar-refractivity contribution < 1.29 is 4.79 Å². The van der Waals surface area contributed by atoms with Crippen LogP contribution in [0.3, 0.4) is 0 Å². The van der Waals surface area contributed by atoms with Gasteiger partial charge >= 0.3 is 0 Å². The highest BCUT2D eigenvalue weighted by Gasteiger charge is 2.26. The summed E-state index contributed by atoms with van der Waals surface area (Å²) in [5.41, 5.74) is 3.03. The minimum Gasteiger partial charge on any atom is -0.351 e. The summed E-state index contributed by atoms with van der Waals surface area (Å²) in [6.45, 7) is 6.73. The molecule has 0 saturated carbocycles. The number of carbonyl (C=O) groups excluding carboxylic acids is 1. The molecule has 2 aromatic heterocycles. The predicted molar refractivity (Wildman–Crippen MR) is 83.6 cm³/mol. The fourth-order valence-electron chi connectivity index (χ4n) is 3.36. The minimum atomic E-state index is -0.183. The van der Waals surface area contributed by atoms with Crippen molar-refractivity contribution in [2.45, 2.75) is 52.1 Å². The van der Waals surface area contributed by atoms with Crippen LogP contribution in [0, 0.1) is 13.8 Å². The van der Waals surface area contributed by atoms with Crippen LogP contribution in [0.25, 0.3) is 0 Å². The molecule has 0 radical (unpaired) electrons. The van der Waals surface area contributed by atoms with Crippen LogP contribution in [0.4, 0.5) is 0 Å². The highest BCUT2D eigenvalue weighted by atomic mass is 16.1. The lowest BCUT2D eigenvalue weighted by molar-refractivity contribution is -0.123. The number of rotatable bonds is 3. The lowest BCUT2D eigenvalue weighted by Crippen LogP contribution is -2.42. The van der Waals surface area contributed by atoms with E-state index in [0.29, 0.717) is 0 Å². The number of hydrogen-bond donors (Lipinski definition) is 1. The summed E-state index contributed by atoms with van der Waals surface area (Å²) in [6, 6.07) is 0.175. The Labute approximate surface area is 130 Å². The summed E-state index contributed by atoms with van der Waals surface area (Å²) >= 11 is 0. The molecule has 2 atom stereocenters. The van der Waals surface area contributed by atoms with Crippen LogP contribution < -0.4 is 5.32 Å². The summed E-state index contributed by atoms with van der Waals surface area (Å²) in [5, 5.41) is 7.59. The van der Waals surface area contributed by atoms with Gasteiger partial charge in [-0.05, 0) is 27.2 Å². The number of amides is 1. The Morgan fingerprint density at radius 3 is 2.91 bits per heavy atom. The highest BCUT2D eigenvalue weighted by molar-refractivity contribution is 5.84. The lowest BCUT2D eigenvalue weighted by Gasteiger charge is -2.26. The molecule has 0 unspecified atom stereocenters. The molecule has 22 heavy (non-hydrogen) atoms. The molecule has 1 amide bonds. The first-order valence-electron chi connectivity index (χ1n) is 7.78. The summed E-state index contributed by atoms with van der Waals surface area (Å²) < 4.78 is 3.96. The Balaban J connectivity index is 1.70. The first-order chi connectivity index (χ1) is 10.5. The molecule has 1 N–H and O–H groups in total. The second-order valence-electron chi connectivity index (χ2n) is 6.17. The molecule has 0 fully saturated rings. The smallest absolute Gasteiger partial charge is 0.227 e. The van der Waals surface area contributed by atoms with Gasteiger partial charge in [0.15, 0.2) is 0 Å². The maximum atomic E-state index is 12.6. The largest absolute Gasteiger partial charge is 0.351 e. The first-order valence-corrected chi connectivity index (χ1v) is 7.78. The number of imidazole rings is 1. The van der Waals surface area contributed by atoms with Crippen LogP contribution in [0.15, 0.2) is 12.4 Å². The van der Waals surface area contributed by atoms with Gasteiger partial charge in [-0.15, -0.1) is 0 Å². The molecule has 0 bridgehead atoms. The van der Waals surface area contributed by atoms with Crippen LogP contribution in [0.2, 0.25) is 0 Å². The van der Waals surface area contributed by atoms with Gasteiger partial charge in [0.25, 0.3) is 0 Å². The van der Waals surface area contributed by atoms with Crippen LogP contribution in [0.1, 0.15) is 42.0 Å². The maximum Gasteiger partial charge on any atom is 0.227 e. The predicted octanol–water partition coefficient (Wildman–Crippen LogP) is 1.47. The zero-order valence-electron chi connectivity index (χ0n) is 13.6. The Hall–Kier alpha value is -2.11. The minimum absolute atomic E-state index is 0.0766. The zero-order valence-corrected chi connectivity index (χ0v) is 13.6. The van der Waals surface area contributed by atoms with E-state index in [-0.39, 0.29) is 17.9 Å². The second-order valence-corrected chi connectivity index (χ2v) is 6.17. The average molecular weight is 301 g/mol. The zero-order chi connectivity index (χ0) is 15.9. The monoisotopic (exact) mass is 301 g/mol. The molecule has 6 nitrogen and oxygen atoms in total. The molecule has 118 valence electrons. The molecule has 2 aromatic rings. The van der Waals surface area contributed by atoms with Crippen molar-refractivity contribution in [3.05, 3.63) is 35.2 Å². The molecule has 3 rings (SSSR count). The highest BCUT2D eigenvalue weighted by Crippen LogP contribution is 2.23. The van der Waals surface area contributed by atoms with Gasteiger partial charge < -0.3 is 9.88 Å². The molecule has 0 aromatic carbocycles. The normalized spacial score (nSPS) is 18.8. The SMILES string of the molecule is Cc1nn(C)c(C)c1[C@H](C)C(=O)N[C@H]1CCc2nccn2C1. The number of carbonyl (C=O) groups is 1. The number of aryl methyl sites for hydroxylation is 3. The van der Waals surface area contributed by atoms with E-state index in [1.807, 2.05) is 44.9 Å².